The second-order valence-electron chi connectivity index (χ2n) is 5.08. The second kappa shape index (κ2) is 5.72. The van der Waals surface area contributed by atoms with Crippen molar-refractivity contribution in [3.8, 4) is 6.07 Å². The summed E-state index contributed by atoms with van der Waals surface area (Å²) in [6.45, 7) is 2.19. The van der Waals surface area contributed by atoms with Crippen molar-refractivity contribution in [2.24, 2.45) is 5.92 Å². The number of nitrogens with two attached hydrogens (primary N) is 1. The number of anilines is 2. The Morgan fingerprint density at radius 3 is 2.78 bits per heavy atom. The third-order valence-electron chi connectivity index (χ3n) is 3.76. The Balaban J connectivity index is 2.02. The van der Waals surface area contributed by atoms with Crippen LogP contribution >= 0.6 is 0 Å². The number of nitrogens with zero attached hydrogens (tertiary/aromatic N) is 2. The van der Waals surface area contributed by atoms with Gasteiger partial charge in [0.2, 0.25) is 0 Å². The molecule has 0 radical (unpaired) electrons. The summed E-state index contributed by atoms with van der Waals surface area (Å²) in [6, 6.07) is 5.99. The van der Waals surface area contributed by atoms with Gasteiger partial charge in [-0.15, -0.1) is 0 Å². The van der Waals surface area contributed by atoms with Crippen LogP contribution in [0.15, 0.2) is 12.1 Å². The van der Waals surface area contributed by atoms with Gasteiger partial charge in [0.15, 0.2) is 5.69 Å². The lowest BCUT2D eigenvalue weighted by atomic mass is 9.84. The Morgan fingerprint density at radius 1 is 1.39 bits per heavy atom. The lowest BCUT2D eigenvalue weighted by Gasteiger charge is -2.28. The van der Waals surface area contributed by atoms with Gasteiger partial charge in [-0.3, -0.25) is 0 Å². The summed E-state index contributed by atoms with van der Waals surface area (Å²) in [6.07, 6.45) is 6.59. The number of rotatable bonds is 3. The van der Waals surface area contributed by atoms with Crippen LogP contribution in [0.1, 0.15) is 44.7 Å². The number of hydrogen-bond acceptors (Lipinski definition) is 4. The zero-order chi connectivity index (χ0) is 13.0. The molecule has 1 atom stereocenters. The van der Waals surface area contributed by atoms with E-state index >= 15 is 0 Å². The minimum atomic E-state index is 0.302. The molecule has 4 heteroatoms. The molecule has 2 rings (SSSR count). The number of nitrogens with one attached hydrogen (secondary N) is 1. The summed E-state index contributed by atoms with van der Waals surface area (Å²) >= 11 is 0. The van der Waals surface area contributed by atoms with Crippen LogP contribution in [0.4, 0.5) is 11.5 Å². The zero-order valence-electron chi connectivity index (χ0n) is 10.8. The van der Waals surface area contributed by atoms with Gasteiger partial charge in [-0.2, -0.15) is 5.26 Å². The van der Waals surface area contributed by atoms with Gasteiger partial charge in [0.05, 0.1) is 5.69 Å². The molecule has 0 aliphatic heterocycles. The maximum Gasteiger partial charge on any atom is 0.165 e. The molecule has 1 aromatic rings. The average Bonchev–Trinajstić information content (AvgIpc) is 2.42. The lowest BCUT2D eigenvalue weighted by molar-refractivity contribution is 0.328. The fraction of sp³-hybridized carbons (Fsp3) is 0.571. The molecule has 0 spiro atoms. The van der Waals surface area contributed by atoms with Crippen molar-refractivity contribution < 1.29 is 0 Å². The third-order valence-corrected chi connectivity index (χ3v) is 3.76. The first-order valence-electron chi connectivity index (χ1n) is 6.64. The van der Waals surface area contributed by atoms with E-state index < -0.39 is 0 Å². The largest absolute Gasteiger partial charge is 0.396 e. The third kappa shape index (κ3) is 2.92. The number of nitriles is 1. The fourth-order valence-electron chi connectivity index (χ4n) is 2.63. The predicted octanol–water partition coefficient (Wildman–Crippen LogP) is 2.92. The highest BCUT2D eigenvalue weighted by Crippen LogP contribution is 2.27. The van der Waals surface area contributed by atoms with Crippen molar-refractivity contribution in [2.45, 2.75) is 45.1 Å². The molecule has 1 aliphatic carbocycles. The van der Waals surface area contributed by atoms with Gasteiger partial charge < -0.3 is 11.1 Å². The van der Waals surface area contributed by atoms with Crippen molar-refractivity contribution >= 4 is 11.5 Å². The van der Waals surface area contributed by atoms with Crippen LogP contribution in [-0.2, 0) is 0 Å². The highest BCUT2D eigenvalue weighted by atomic mass is 15.0. The summed E-state index contributed by atoms with van der Waals surface area (Å²) in [4.78, 5) is 4.23. The number of pyridine rings is 1. The summed E-state index contributed by atoms with van der Waals surface area (Å²) in [7, 11) is 0. The van der Waals surface area contributed by atoms with Gasteiger partial charge in [-0.05, 0) is 37.8 Å². The summed E-state index contributed by atoms with van der Waals surface area (Å²) < 4.78 is 0. The van der Waals surface area contributed by atoms with E-state index in [1.165, 1.54) is 32.1 Å². The SMILES string of the molecule is CC(Nc1ccc(N)c(C#N)n1)C1CCCCC1. The summed E-state index contributed by atoms with van der Waals surface area (Å²) in [5, 5.41) is 12.3. The van der Waals surface area contributed by atoms with Crippen molar-refractivity contribution in [1.82, 2.24) is 4.98 Å². The molecule has 96 valence electrons. The van der Waals surface area contributed by atoms with Gasteiger partial charge >= 0.3 is 0 Å². The first kappa shape index (κ1) is 12.7. The molecule has 0 saturated heterocycles. The van der Waals surface area contributed by atoms with Crippen LogP contribution in [0, 0.1) is 17.2 Å². The van der Waals surface area contributed by atoms with Crippen LogP contribution < -0.4 is 11.1 Å². The van der Waals surface area contributed by atoms with Crippen LogP contribution in [0.5, 0.6) is 0 Å². The molecule has 1 aromatic heterocycles. The van der Waals surface area contributed by atoms with Crippen molar-refractivity contribution in [1.29, 1.82) is 5.26 Å². The van der Waals surface area contributed by atoms with Crippen molar-refractivity contribution in [3.63, 3.8) is 0 Å². The first-order chi connectivity index (χ1) is 8.70. The van der Waals surface area contributed by atoms with E-state index in [9.17, 15) is 0 Å². The van der Waals surface area contributed by atoms with Gasteiger partial charge in [-0.25, -0.2) is 4.98 Å². The highest BCUT2D eigenvalue weighted by Gasteiger charge is 2.20. The topological polar surface area (TPSA) is 74.7 Å². The highest BCUT2D eigenvalue weighted by molar-refractivity contribution is 5.54. The monoisotopic (exact) mass is 244 g/mol. The minimum Gasteiger partial charge on any atom is -0.396 e. The molecule has 3 N–H and O–H groups in total. The number of nitrogen functional groups attached to an aromatic ring is 1. The van der Waals surface area contributed by atoms with Gasteiger partial charge in [0, 0.05) is 6.04 Å². The minimum absolute atomic E-state index is 0.302. The molecule has 1 fully saturated rings. The van der Waals surface area contributed by atoms with Gasteiger partial charge in [0.1, 0.15) is 11.9 Å². The maximum atomic E-state index is 8.91. The zero-order valence-corrected chi connectivity index (χ0v) is 10.8. The Labute approximate surface area is 108 Å². The Bertz CT molecular complexity index is 444. The van der Waals surface area contributed by atoms with Gasteiger partial charge in [0.25, 0.3) is 0 Å². The van der Waals surface area contributed by atoms with Crippen molar-refractivity contribution in [2.75, 3.05) is 11.1 Å². The molecule has 1 heterocycles. The van der Waals surface area contributed by atoms with E-state index in [4.69, 9.17) is 11.0 Å². The van der Waals surface area contributed by atoms with E-state index in [2.05, 4.69) is 17.2 Å². The summed E-state index contributed by atoms with van der Waals surface area (Å²) in [5.41, 5.74) is 6.40. The summed E-state index contributed by atoms with van der Waals surface area (Å²) in [5.74, 6) is 1.46. The molecular formula is C14H20N4. The molecule has 0 bridgehead atoms. The number of hydrogen-bond donors (Lipinski definition) is 2. The average molecular weight is 244 g/mol. The molecule has 1 saturated carbocycles. The van der Waals surface area contributed by atoms with Gasteiger partial charge in [-0.1, -0.05) is 19.3 Å². The standard InChI is InChI=1S/C14H20N4/c1-10(11-5-3-2-4-6-11)17-14-8-7-12(16)13(9-15)18-14/h7-8,10-11H,2-6,16H2,1H3,(H,17,18). The van der Waals surface area contributed by atoms with Crippen LogP contribution in [0.25, 0.3) is 0 Å². The number of aromatic nitrogens is 1. The molecule has 4 nitrogen and oxygen atoms in total. The molecule has 1 aliphatic rings. The Morgan fingerprint density at radius 2 is 2.11 bits per heavy atom. The van der Waals surface area contributed by atoms with Crippen LogP contribution in [0.3, 0.4) is 0 Å². The van der Waals surface area contributed by atoms with E-state index in [0.717, 1.165) is 5.82 Å². The van der Waals surface area contributed by atoms with Crippen LogP contribution in [0.2, 0.25) is 0 Å². The molecule has 1 unspecified atom stereocenters. The van der Waals surface area contributed by atoms with E-state index in [1.54, 1.807) is 6.07 Å². The quantitative estimate of drug-likeness (QED) is 0.857. The van der Waals surface area contributed by atoms with E-state index in [-0.39, 0.29) is 0 Å². The van der Waals surface area contributed by atoms with Crippen molar-refractivity contribution in [3.05, 3.63) is 17.8 Å². The Hall–Kier alpha value is -1.76. The molecule has 0 aromatic carbocycles. The van der Waals surface area contributed by atoms with E-state index in [1.807, 2.05) is 12.1 Å². The maximum absolute atomic E-state index is 8.91. The van der Waals surface area contributed by atoms with Crippen LogP contribution in [-0.4, -0.2) is 11.0 Å². The fourth-order valence-corrected chi connectivity index (χ4v) is 2.63. The van der Waals surface area contributed by atoms with E-state index in [0.29, 0.717) is 23.3 Å². The first-order valence-corrected chi connectivity index (χ1v) is 6.64. The predicted molar refractivity (Wildman–Crippen MR) is 73.0 cm³/mol. The smallest absolute Gasteiger partial charge is 0.165 e. The second-order valence-corrected chi connectivity index (χ2v) is 5.08. The normalized spacial score (nSPS) is 18.0. The molecule has 0 amide bonds. The Kier molecular flexibility index (Phi) is 4.03. The molecule has 18 heavy (non-hydrogen) atoms. The lowest BCUT2D eigenvalue weighted by Crippen LogP contribution is -2.28. The molecular weight excluding hydrogens is 224 g/mol.